The summed E-state index contributed by atoms with van der Waals surface area (Å²) in [7, 11) is 1.74. The van der Waals surface area contributed by atoms with Gasteiger partial charge in [0.05, 0.1) is 26.4 Å². The summed E-state index contributed by atoms with van der Waals surface area (Å²) in [5, 5.41) is 3.33. The molecule has 8 nitrogen and oxygen atoms in total. The highest BCUT2D eigenvalue weighted by Crippen LogP contribution is 2.31. The summed E-state index contributed by atoms with van der Waals surface area (Å²) >= 11 is 0. The topological polar surface area (TPSA) is 66.0 Å². The number of ether oxygens (including phenoxy) is 2. The number of anilines is 6. The largest absolute Gasteiger partial charge is 0.378 e. The highest BCUT2D eigenvalue weighted by atomic mass is 19.2. The first-order valence-electron chi connectivity index (χ1n) is 11.7. The van der Waals surface area contributed by atoms with Crippen molar-refractivity contribution in [3.05, 3.63) is 60.3 Å². The van der Waals surface area contributed by atoms with Crippen LogP contribution in [0.2, 0.25) is 0 Å². The van der Waals surface area contributed by atoms with Gasteiger partial charge in [0.2, 0.25) is 5.95 Å². The van der Waals surface area contributed by atoms with Crippen molar-refractivity contribution >= 4 is 34.5 Å². The standard InChI is InChI=1S/C25H28F2N6O2/c1-31(19-2-3-22(26)23(27)17-19)24-4-5-28-25(30-24)29-18-14-20(32-6-10-34-11-7-32)16-21(15-18)33-8-12-35-13-9-33/h2-5,14-17H,6-13H2,1H3,(H,28,29,30). The van der Waals surface area contributed by atoms with Crippen molar-refractivity contribution in [1.82, 2.24) is 9.97 Å². The van der Waals surface area contributed by atoms with Crippen LogP contribution in [0.5, 0.6) is 0 Å². The molecule has 184 valence electrons. The van der Waals surface area contributed by atoms with Crippen molar-refractivity contribution in [2.45, 2.75) is 0 Å². The molecule has 0 spiro atoms. The lowest BCUT2D eigenvalue weighted by molar-refractivity contribution is 0.122. The highest BCUT2D eigenvalue weighted by molar-refractivity contribution is 5.72. The summed E-state index contributed by atoms with van der Waals surface area (Å²) < 4.78 is 38.1. The Balaban J connectivity index is 1.42. The molecule has 1 N–H and O–H groups in total. The van der Waals surface area contributed by atoms with Crippen LogP contribution in [0.1, 0.15) is 0 Å². The van der Waals surface area contributed by atoms with Gasteiger partial charge in [0.1, 0.15) is 5.82 Å². The normalized spacial score (nSPS) is 16.3. The quantitative estimate of drug-likeness (QED) is 0.567. The predicted molar refractivity (Wildman–Crippen MR) is 132 cm³/mol. The molecule has 2 aliphatic heterocycles. The smallest absolute Gasteiger partial charge is 0.229 e. The van der Waals surface area contributed by atoms with Gasteiger partial charge >= 0.3 is 0 Å². The molecule has 0 unspecified atom stereocenters. The lowest BCUT2D eigenvalue weighted by atomic mass is 10.2. The second kappa shape index (κ2) is 10.4. The van der Waals surface area contributed by atoms with Crippen LogP contribution in [0, 0.1) is 11.6 Å². The molecule has 2 saturated heterocycles. The van der Waals surface area contributed by atoms with Gasteiger partial charge in [0.25, 0.3) is 0 Å². The molecule has 1 aromatic heterocycles. The molecule has 10 heteroatoms. The van der Waals surface area contributed by atoms with Gasteiger partial charge < -0.3 is 29.5 Å². The second-order valence-corrected chi connectivity index (χ2v) is 8.46. The number of aromatic nitrogens is 2. The SMILES string of the molecule is CN(c1ccc(F)c(F)c1)c1ccnc(Nc2cc(N3CCOCC3)cc(N3CCOCC3)c2)n1. The van der Waals surface area contributed by atoms with E-state index in [1.54, 1.807) is 24.2 Å². The van der Waals surface area contributed by atoms with Gasteiger partial charge in [-0.1, -0.05) is 0 Å². The van der Waals surface area contributed by atoms with E-state index in [9.17, 15) is 8.78 Å². The minimum atomic E-state index is -0.905. The van der Waals surface area contributed by atoms with Crippen LogP contribution < -0.4 is 20.0 Å². The third-order valence-electron chi connectivity index (χ3n) is 6.19. The Hall–Kier alpha value is -3.50. The molecule has 3 heterocycles. The summed E-state index contributed by atoms with van der Waals surface area (Å²) in [6.45, 7) is 6.12. The maximum Gasteiger partial charge on any atom is 0.229 e. The van der Waals surface area contributed by atoms with Crippen LogP contribution in [-0.4, -0.2) is 69.6 Å². The Bertz CT molecular complexity index is 1130. The molecule has 0 atom stereocenters. The molecule has 2 fully saturated rings. The summed E-state index contributed by atoms with van der Waals surface area (Å²) in [6, 6.07) is 11.9. The fourth-order valence-electron chi connectivity index (χ4n) is 4.23. The first-order valence-corrected chi connectivity index (χ1v) is 11.7. The average molecular weight is 483 g/mol. The zero-order chi connectivity index (χ0) is 24.2. The zero-order valence-electron chi connectivity index (χ0n) is 19.6. The van der Waals surface area contributed by atoms with Crippen molar-refractivity contribution in [1.29, 1.82) is 0 Å². The van der Waals surface area contributed by atoms with E-state index >= 15 is 0 Å². The van der Waals surface area contributed by atoms with Gasteiger partial charge in [0, 0.05) is 68.2 Å². The zero-order valence-corrected chi connectivity index (χ0v) is 19.6. The molecule has 3 aromatic rings. The molecule has 0 amide bonds. The van der Waals surface area contributed by atoms with Gasteiger partial charge in [-0.2, -0.15) is 4.98 Å². The minimum absolute atomic E-state index is 0.406. The lowest BCUT2D eigenvalue weighted by Crippen LogP contribution is -2.38. The molecular weight excluding hydrogens is 454 g/mol. The molecule has 0 radical (unpaired) electrons. The number of rotatable bonds is 6. The first-order chi connectivity index (χ1) is 17.1. The third kappa shape index (κ3) is 5.44. The van der Waals surface area contributed by atoms with E-state index in [1.807, 2.05) is 0 Å². The molecule has 2 aromatic carbocycles. The molecule has 0 bridgehead atoms. The van der Waals surface area contributed by atoms with Crippen molar-refractivity contribution in [2.24, 2.45) is 0 Å². The number of hydrogen-bond acceptors (Lipinski definition) is 8. The van der Waals surface area contributed by atoms with Crippen molar-refractivity contribution < 1.29 is 18.3 Å². The van der Waals surface area contributed by atoms with E-state index in [0.717, 1.165) is 55.4 Å². The van der Waals surface area contributed by atoms with E-state index in [0.29, 0.717) is 43.9 Å². The van der Waals surface area contributed by atoms with Gasteiger partial charge in [-0.3, -0.25) is 0 Å². The average Bonchev–Trinajstić information content (AvgIpc) is 2.91. The van der Waals surface area contributed by atoms with Crippen molar-refractivity contribution in [3.63, 3.8) is 0 Å². The molecule has 35 heavy (non-hydrogen) atoms. The molecule has 2 aliphatic rings. The Morgan fingerprint density at radius 3 is 2.06 bits per heavy atom. The molecule has 0 saturated carbocycles. The Kier molecular flexibility index (Phi) is 6.91. The summed E-state index contributed by atoms with van der Waals surface area (Å²) in [5.41, 5.74) is 3.56. The van der Waals surface area contributed by atoms with Crippen LogP contribution in [-0.2, 0) is 9.47 Å². The number of halogens is 2. The predicted octanol–water partition coefficient (Wildman–Crippen LogP) is 3.94. The van der Waals surface area contributed by atoms with Crippen LogP contribution in [0.15, 0.2) is 48.7 Å². The molecular formula is C25H28F2N6O2. The van der Waals surface area contributed by atoms with E-state index in [1.165, 1.54) is 6.07 Å². The third-order valence-corrected chi connectivity index (χ3v) is 6.19. The number of nitrogens with one attached hydrogen (secondary N) is 1. The van der Waals surface area contributed by atoms with Gasteiger partial charge in [-0.05, 0) is 36.4 Å². The Morgan fingerprint density at radius 2 is 1.46 bits per heavy atom. The highest BCUT2D eigenvalue weighted by Gasteiger charge is 2.18. The Labute approximate surface area is 203 Å². The van der Waals surface area contributed by atoms with Gasteiger partial charge in [-0.25, -0.2) is 13.8 Å². The summed E-state index contributed by atoms with van der Waals surface area (Å²) in [6.07, 6.45) is 1.63. The summed E-state index contributed by atoms with van der Waals surface area (Å²) in [5.74, 6) is -0.837. The van der Waals surface area contributed by atoms with Crippen molar-refractivity contribution in [3.8, 4) is 0 Å². The Morgan fingerprint density at radius 1 is 0.829 bits per heavy atom. The van der Waals surface area contributed by atoms with E-state index < -0.39 is 11.6 Å². The van der Waals surface area contributed by atoms with Gasteiger partial charge in [0.15, 0.2) is 11.6 Å². The van der Waals surface area contributed by atoms with Crippen LogP contribution in [0.4, 0.5) is 43.3 Å². The van der Waals surface area contributed by atoms with Crippen LogP contribution >= 0.6 is 0 Å². The maximum absolute atomic E-state index is 13.7. The number of nitrogens with zero attached hydrogens (tertiary/aromatic N) is 5. The van der Waals surface area contributed by atoms with Gasteiger partial charge in [-0.15, -0.1) is 0 Å². The number of benzene rings is 2. The fourth-order valence-corrected chi connectivity index (χ4v) is 4.23. The van der Waals surface area contributed by atoms with E-state index in [-0.39, 0.29) is 0 Å². The van der Waals surface area contributed by atoms with Crippen molar-refractivity contribution in [2.75, 3.05) is 79.7 Å². The van der Waals surface area contributed by atoms with E-state index in [2.05, 4.69) is 43.3 Å². The monoisotopic (exact) mass is 482 g/mol. The number of hydrogen-bond donors (Lipinski definition) is 1. The minimum Gasteiger partial charge on any atom is -0.378 e. The van der Waals surface area contributed by atoms with Crippen LogP contribution in [0.25, 0.3) is 0 Å². The fraction of sp³-hybridized carbons (Fsp3) is 0.360. The maximum atomic E-state index is 13.7. The number of morpholine rings is 2. The lowest BCUT2D eigenvalue weighted by Gasteiger charge is -2.33. The summed E-state index contributed by atoms with van der Waals surface area (Å²) in [4.78, 5) is 15.3. The molecule has 0 aliphatic carbocycles. The van der Waals surface area contributed by atoms with E-state index in [4.69, 9.17) is 9.47 Å². The second-order valence-electron chi connectivity index (χ2n) is 8.46. The molecule has 5 rings (SSSR count). The van der Waals surface area contributed by atoms with Crippen LogP contribution in [0.3, 0.4) is 0 Å². The first kappa shape index (κ1) is 23.3.